The topological polar surface area (TPSA) is 63.2 Å². The molecule has 0 aliphatic carbocycles. The van der Waals surface area contributed by atoms with Gasteiger partial charge in [-0.1, -0.05) is 0 Å². The Kier molecular flexibility index (Phi) is 3.70. The number of hydrogen-bond donors (Lipinski definition) is 1. The molecule has 0 fully saturated rings. The summed E-state index contributed by atoms with van der Waals surface area (Å²) in [5, 5.41) is 2.70. The molecule has 0 bridgehead atoms. The second-order valence-corrected chi connectivity index (χ2v) is 7.28. The Morgan fingerprint density at radius 1 is 1.09 bits per heavy atom. The van der Waals surface area contributed by atoms with E-state index < -0.39 is 15.7 Å². The van der Waals surface area contributed by atoms with E-state index in [4.69, 9.17) is 0 Å². The minimum absolute atomic E-state index is 0.168. The van der Waals surface area contributed by atoms with Gasteiger partial charge in [-0.3, -0.25) is 4.79 Å². The van der Waals surface area contributed by atoms with Crippen molar-refractivity contribution in [1.29, 1.82) is 0 Å². The van der Waals surface area contributed by atoms with Gasteiger partial charge >= 0.3 is 0 Å². The lowest BCUT2D eigenvalue weighted by Gasteiger charge is -2.17. The standard InChI is InChI=1S/C16H14FNO3S/c17-13-5-3-11(4-6-13)16(19)18-14-7-8-15-12(10-14)2-1-9-22(15,20)21/h3-8,10H,1-2,9H2,(H,18,19). The molecule has 1 heterocycles. The van der Waals surface area contributed by atoms with Gasteiger partial charge in [0.25, 0.3) is 5.91 Å². The van der Waals surface area contributed by atoms with Gasteiger partial charge in [-0.15, -0.1) is 0 Å². The van der Waals surface area contributed by atoms with E-state index >= 15 is 0 Å². The van der Waals surface area contributed by atoms with Crippen LogP contribution in [0.3, 0.4) is 0 Å². The molecule has 6 heteroatoms. The highest BCUT2D eigenvalue weighted by atomic mass is 32.2. The first-order valence-electron chi connectivity index (χ1n) is 6.88. The van der Waals surface area contributed by atoms with Crippen molar-refractivity contribution >= 4 is 21.4 Å². The largest absolute Gasteiger partial charge is 0.322 e. The fourth-order valence-corrected chi connectivity index (χ4v) is 4.10. The molecule has 0 saturated carbocycles. The van der Waals surface area contributed by atoms with Crippen molar-refractivity contribution in [3.8, 4) is 0 Å². The number of rotatable bonds is 2. The number of carbonyl (C=O) groups is 1. The third-order valence-electron chi connectivity index (χ3n) is 3.62. The summed E-state index contributed by atoms with van der Waals surface area (Å²) < 4.78 is 36.7. The van der Waals surface area contributed by atoms with Crippen molar-refractivity contribution < 1.29 is 17.6 Å². The summed E-state index contributed by atoms with van der Waals surface area (Å²) >= 11 is 0. The molecule has 1 amide bonds. The molecule has 0 saturated heterocycles. The summed E-state index contributed by atoms with van der Waals surface area (Å²) in [7, 11) is -3.20. The number of benzene rings is 2. The number of anilines is 1. The van der Waals surface area contributed by atoms with Crippen LogP contribution in [0.1, 0.15) is 22.3 Å². The Balaban J connectivity index is 1.85. The van der Waals surface area contributed by atoms with Crippen molar-refractivity contribution in [3.05, 3.63) is 59.4 Å². The maximum absolute atomic E-state index is 12.8. The van der Waals surface area contributed by atoms with Gasteiger partial charge in [0.2, 0.25) is 0 Å². The summed E-state index contributed by atoms with van der Waals surface area (Å²) in [5.74, 6) is -0.601. The van der Waals surface area contributed by atoms with E-state index in [-0.39, 0.29) is 11.7 Å². The monoisotopic (exact) mass is 319 g/mol. The van der Waals surface area contributed by atoms with Crippen LogP contribution in [0.25, 0.3) is 0 Å². The molecule has 0 atom stereocenters. The van der Waals surface area contributed by atoms with Crippen LogP contribution in [0.2, 0.25) is 0 Å². The normalized spacial score (nSPS) is 15.9. The zero-order valence-corrected chi connectivity index (χ0v) is 12.5. The predicted molar refractivity (Wildman–Crippen MR) is 81.2 cm³/mol. The van der Waals surface area contributed by atoms with E-state index in [9.17, 15) is 17.6 Å². The SMILES string of the molecule is O=C(Nc1ccc2c(c1)CCCS2(=O)=O)c1ccc(F)cc1. The molecule has 2 aromatic carbocycles. The van der Waals surface area contributed by atoms with Crippen LogP contribution < -0.4 is 5.32 Å². The quantitative estimate of drug-likeness (QED) is 0.926. The highest BCUT2D eigenvalue weighted by Crippen LogP contribution is 2.27. The van der Waals surface area contributed by atoms with Gasteiger partial charge in [0.05, 0.1) is 10.6 Å². The Labute approximate surface area is 127 Å². The first-order chi connectivity index (χ1) is 10.5. The Bertz CT molecular complexity index is 829. The molecule has 0 spiro atoms. The molecule has 2 aromatic rings. The number of aryl methyl sites for hydroxylation is 1. The molecule has 1 N–H and O–H groups in total. The Hall–Kier alpha value is -2.21. The van der Waals surface area contributed by atoms with E-state index in [2.05, 4.69) is 5.32 Å². The third kappa shape index (κ3) is 2.87. The molecular weight excluding hydrogens is 305 g/mol. The number of carbonyl (C=O) groups excluding carboxylic acids is 1. The van der Waals surface area contributed by atoms with Gasteiger partial charge in [-0.25, -0.2) is 12.8 Å². The first-order valence-corrected chi connectivity index (χ1v) is 8.53. The fourth-order valence-electron chi connectivity index (χ4n) is 2.52. The van der Waals surface area contributed by atoms with Crippen molar-refractivity contribution in [2.24, 2.45) is 0 Å². The van der Waals surface area contributed by atoms with Gasteiger partial charge in [-0.05, 0) is 60.9 Å². The summed E-state index contributed by atoms with van der Waals surface area (Å²) in [5.41, 5.74) is 1.60. The molecule has 1 aliphatic heterocycles. The van der Waals surface area contributed by atoms with Crippen LogP contribution in [-0.4, -0.2) is 20.1 Å². The van der Waals surface area contributed by atoms with Crippen LogP contribution in [0.5, 0.6) is 0 Å². The van der Waals surface area contributed by atoms with Crippen molar-refractivity contribution in [3.63, 3.8) is 0 Å². The van der Waals surface area contributed by atoms with Crippen LogP contribution in [0.4, 0.5) is 10.1 Å². The summed E-state index contributed by atoms with van der Waals surface area (Å²) in [6, 6.07) is 10.0. The molecule has 22 heavy (non-hydrogen) atoms. The van der Waals surface area contributed by atoms with Crippen LogP contribution in [-0.2, 0) is 16.3 Å². The fraction of sp³-hybridized carbons (Fsp3) is 0.188. The number of halogens is 1. The van der Waals surface area contributed by atoms with Crippen LogP contribution >= 0.6 is 0 Å². The average Bonchev–Trinajstić information content (AvgIpc) is 2.47. The zero-order valence-electron chi connectivity index (χ0n) is 11.7. The Morgan fingerprint density at radius 2 is 1.82 bits per heavy atom. The number of nitrogens with one attached hydrogen (secondary N) is 1. The lowest BCUT2D eigenvalue weighted by atomic mass is 10.1. The van der Waals surface area contributed by atoms with Crippen LogP contribution in [0.15, 0.2) is 47.4 Å². The maximum atomic E-state index is 12.8. The predicted octanol–water partition coefficient (Wildman–Crippen LogP) is 2.80. The van der Waals surface area contributed by atoms with Crippen LogP contribution in [0, 0.1) is 5.82 Å². The lowest BCUT2D eigenvalue weighted by molar-refractivity contribution is 0.102. The average molecular weight is 319 g/mol. The number of sulfone groups is 1. The van der Waals surface area contributed by atoms with E-state index in [0.717, 1.165) is 5.56 Å². The number of fused-ring (bicyclic) bond motifs is 1. The second-order valence-electron chi connectivity index (χ2n) is 5.21. The van der Waals surface area contributed by atoms with E-state index in [1.165, 1.54) is 30.3 Å². The highest BCUT2D eigenvalue weighted by Gasteiger charge is 2.23. The zero-order chi connectivity index (χ0) is 15.7. The van der Waals surface area contributed by atoms with Crippen molar-refractivity contribution in [1.82, 2.24) is 0 Å². The molecular formula is C16H14FNO3S. The van der Waals surface area contributed by atoms with Crippen molar-refractivity contribution in [2.45, 2.75) is 17.7 Å². The molecule has 0 radical (unpaired) electrons. The summed E-state index contributed by atoms with van der Waals surface area (Å²) in [6.07, 6.45) is 1.26. The second kappa shape index (κ2) is 5.53. The van der Waals surface area contributed by atoms with E-state index in [1.54, 1.807) is 12.1 Å². The molecule has 0 unspecified atom stereocenters. The molecule has 4 nitrogen and oxygen atoms in total. The lowest BCUT2D eigenvalue weighted by Crippen LogP contribution is -2.17. The number of amides is 1. The van der Waals surface area contributed by atoms with Gasteiger partial charge in [0.15, 0.2) is 9.84 Å². The summed E-state index contributed by atoms with van der Waals surface area (Å²) in [4.78, 5) is 12.4. The Morgan fingerprint density at radius 3 is 2.55 bits per heavy atom. The molecule has 1 aliphatic rings. The maximum Gasteiger partial charge on any atom is 0.255 e. The van der Waals surface area contributed by atoms with E-state index in [1.807, 2.05) is 0 Å². The van der Waals surface area contributed by atoms with Gasteiger partial charge < -0.3 is 5.32 Å². The van der Waals surface area contributed by atoms with Gasteiger partial charge in [-0.2, -0.15) is 0 Å². The smallest absolute Gasteiger partial charge is 0.255 e. The third-order valence-corrected chi connectivity index (χ3v) is 5.51. The summed E-state index contributed by atoms with van der Waals surface area (Å²) in [6.45, 7) is 0. The first kappa shape index (κ1) is 14.7. The van der Waals surface area contributed by atoms with Crippen molar-refractivity contribution in [2.75, 3.05) is 11.1 Å². The van der Waals surface area contributed by atoms with Gasteiger partial charge in [0, 0.05) is 11.3 Å². The minimum Gasteiger partial charge on any atom is -0.322 e. The van der Waals surface area contributed by atoms with Gasteiger partial charge in [0.1, 0.15) is 5.82 Å². The highest BCUT2D eigenvalue weighted by molar-refractivity contribution is 7.91. The van der Waals surface area contributed by atoms with E-state index in [0.29, 0.717) is 29.0 Å². The number of hydrogen-bond acceptors (Lipinski definition) is 3. The molecule has 3 rings (SSSR count). The molecule has 114 valence electrons. The molecule has 0 aromatic heterocycles. The minimum atomic E-state index is -3.20.